The molecule has 1 heterocycles. The molecule has 2 rings (SSSR count). The number of benzene rings is 1. The van der Waals surface area contributed by atoms with Crippen LogP contribution in [0.2, 0.25) is 0 Å². The maximum atomic E-state index is 11.5. The lowest BCUT2D eigenvalue weighted by Gasteiger charge is -2.20. The minimum Gasteiger partial charge on any atom is -0.496 e. The fourth-order valence-corrected chi connectivity index (χ4v) is 1.98. The van der Waals surface area contributed by atoms with Gasteiger partial charge in [0.1, 0.15) is 5.75 Å². The molecule has 17 heavy (non-hydrogen) atoms. The molecule has 1 atom stereocenters. The van der Waals surface area contributed by atoms with E-state index in [4.69, 9.17) is 4.74 Å². The largest absolute Gasteiger partial charge is 0.496 e. The molecule has 0 aliphatic carbocycles. The fourth-order valence-electron chi connectivity index (χ4n) is 1.98. The third kappa shape index (κ3) is 2.64. The van der Waals surface area contributed by atoms with Crippen LogP contribution in [0, 0.1) is 5.92 Å². The highest BCUT2D eigenvalue weighted by Crippen LogP contribution is 2.25. The van der Waals surface area contributed by atoms with Gasteiger partial charge >= 0.3 is 11.9 Å². The zero-order chi connectivity index (χ0) is 12.3. The van der Waals surface area contributed by atoms with E-state index in [0.717, 1.165) is 11.3 Å². The SMILES string of the molecule is COc1ccccc1CC1CCC(=O)OC1=O. The Morgan fingerprint density at radius 1 is 1.35 bits per heavy atom. The van der Waals surface area contributed by atoms with Crippen LogP contribution in [-0.2, 0) is 20.7 Å². The van der Waals surface area contributed by atoms with Gasteiger partial charge in [0.05, 0.1) is 13.0 Å². The third-order valence-corrected chi connectivity index (χ3v) is 2.90. The molecule has 1 aliphatic rings. The summed E-state index contributed by atoms with van der Waals surface area (Å²) in [5.74, 6) is -0.334. The molecular weight excluding hydrogens is 220 g/mol. The zero-order valence-corrected chi connectivity index (χ0v) is 9.64. The van der Waals surface area contributed by atoms with Gasteiger partial charge in [0.25, 0.3) is 0 Å². The van der Waals surface area contributed by atoms with Crippen LogP contribution in [0.15, 0.2) is 24.3 Å². The Labute approximate surface area is 99.5 Å². The highest BCUT2D eigenvalue weighted by Gasteiger charge is 2.29. The Bertz CT molecular complexity index is 439. The van der Waals surface area contributed by atoms with Crippen molar-refractivity contribution in [2.75, 3.05) is 7.11 Å². The van der Waals surface area contributed by atoms with E-state index >= 15 is 0 Å². The Balaban J connectivity index is 2.10. The number of hydrogen-bond acceptors (Lipinski definition) is 4. The normalized spacial score (nSPS) is 19.9. The first kappa shape index (κ1) is 11.6. The summed E-state index contributed by atoms with van der Waals surface area (Å²) < 4.78 is 9.85. The van der Waals surface area contributed by atoms with Crippen molar-refractivity contribution in [1.82, 2.24) is 0 Å². The molecule has 1 aromatic carbocycles. The van der Waals surface area contributed by atoms with E-state index in [9.17, 15) is 9.59 Å². The number of ether oxygens (including phenoxy) is 2. The van der Waals surface area contributed by atoms with Gasteiger partial charge in [0.2, 0.25) is 0 Å². The van der Waals surface area contributed by atoms with Crippen LogP contribution in [-0.4, -0.2) is 19.0 Å². The van der Waals surface area contributed by atoms with Gasteiger partial charge in [0, 0.05) is 6.42 Å². The number of para-hydroxylation sites is 1. The standard InChI is InChI=1S/C13H14O4/c1-16-11-5-3-2-4-9(11)8-10-6-7-12(14)17-13(10)15/h2-5,10H,6-8H2,1H3. The van der Waals surface area contributed by atoms with Crippen molar-refractivity contribution in [2.45, 2.75) is 19.3 Å². The minimum absolute atomic E-state index is 0.246. The first-order chi connectivity index (χ1) is 8.20. The van der Waals surface area contributed by atoms with Gasteiger partial charge < -0.3 is 9.47 Å². The molecule has 1 aromatic rings. The van der Waals surface area contributed by atoms with E-state index in [1.165, 1.54) is 0 Å². The van der Waals surface area contributed by atoms with Crippen LogP contribution in [0.1, 0.15) is 18.4 Å². The predicted molar refractivity (Wildman–Crippen MR) is 60.5 cm³/mol. The lowest BCUT2D eigenvalue weighted by Crippen LogP contribution is -2.29. The van der Waals surface area contributed by atoms with Gasteiger partial charge in [-0.2, -0.15) is 0 Å². The van der Waals surface area contributed by atoms with Crippen LogP contribution in [0.4, 0.5) is 0 Å². The topological polar surface area (TPSA) is 52.6 Å². The zero-order valence-electron chi connectivity index (χ0n) is 9.64. The molecule has 1 unspecified atom stereocenters. The quantitative estimate of drug-likeness (QED) is 0.590. The summed E-state index contributed by atoms with van der Waals surface area (Å²) in [5, 5.41) is 0. The summed E-state index contributed by atoms with van der Waals surface area (Å²) in [7, 11) is 1.60. The highest BCUT2D eigenvalue weighted by atomic mass is 16.6. The van der Waals surface area contributed by atoms with E-state index in [2.05, 4.69) is 4.74 Å². The highest BCUT2D eigenvalue weighted by molar-refractivity contribution is 5.89. The molecule has 1 saturated heterocycles. The molecule has 0 saturated carbocycles. The number of hydrogen-bond donors (Lipinski definition) is 0. The summed E-state index contributed by atoms with van der Waals surface area (Å²) in [5.41, 5.74) is 0.964. The number of cyclic esters (lactones) is 2. The lowest BCUT2D eigenvalue weighted by atomic mass is 9.93. The number of carbonyl (C=O) groups is 2. The number of methoxy groups -OCH3 is 1. The molecule has 4 heteroatoms. The molecular formula is C13H14O4. The van der Waals surface area contributed by atoms with Crippen molar-refractivity contribution < 1.29 is 19.1 Å². The van der Waals surface area contributed by atoms with Gasteiger partial charge in [-0.05, 0) is 24.5 Å². The molecule has 1 fully saturated rings. The Kier molecular flexibility index (Phi) is 3.42. The Morgan fingerprint density at radius 2 is 2.12 bits per heavy atom. The van der Waals surface area contributed by atoms with Gasteiger partial charge in [-0.3, -0.25) is 9.59 Å². The summed E-state index contributed by atoms with van der Waals surface area (Å²) in [4.78, 5) is 22.5. The van der Waals surface area contributed by atoms with Crippen molar-refractivity contribution >= 4 is 11.9 Å². The van der Waals surface area contributed by atoms with Crippen molar-refractivity contribution in [2.24, 2.45) is 5.92 Å². The average Bonchev–Trinajstić information content (AvgIpc) is 2.33. The predicted octanol–water partition coefficient (Wildman–Crippen LogP) is 1.72. The van der Waals surface area contributed by atoms with E-state index in [0.29, 0.717) is 19.3 Å². The molecule has 4 nitrogen and oxygen atoms in total. The first-order valence-electron chi connectivity index (χ1n) is 5.57. The average molecular weight is 234 g/mol. The number of esters is 2. The van der Waals surface area contributed by atoms with Crippen molar-refractivity contribution in [3.05, 3.63) is 29.8 Å². The van der Waals surface area contributed by atoms with E-state index in [1.54, 1.807) is 7.11 Å². The van der Waals surface area contributed by atoms with Crippen LogP contribution in [0.5, 0.6) is 5.75 Å². The summed E-state index contributed by atoms with van der Waals surface area (Å²) in [6, 6.07) is 7.55. The second kappa shape index (κ2) is 4.99. The van der Waals surface area contributed by atoms with E-state index in [-0.39, 0.29) is 5.92 Å². The van der Waals surface area contributed by atoms with Gasteiger partial charge in [-0.1, -0.05) is 18.2 Å². The molecule has 0 radical (unpaired) electrons. The minimum atomic E-state index is -0.425. The van der Waals surface area contributed by atoms with Crippen LogP contribution in [0.3, 0.4) is 0 Å². The summed E-state index contributed by atoms with van der Waals surface area (Å²) in [6.07, 6.45) is 1.41. The second-order valence-corrected chi connectivity index (χ2v) is 4.04. The molecule has 90 valence electrons. The lowest BCUT2D eigenvalue weighted by molar-refractivity contribution is -0.167. The van der Waals surface area contributed by atoms with Crippen molar-refractivity contribution in [3.63, 3.8) is 0 Å². The fraction of sp³-hybridized carbons (Fsp3) is 0.385. The van der Waals surface area contributed by atoms with Crippen LogP contribution in [0.25, 0.3) is 0 Å². The maximum absolute atomic E-state index is 11.5. The first-order valence-corrected chi connectivity index (χ1v) is 5.57. The summed E-state index contributed by atoms with van der Waals surface area (Å²) >= 11 is 0. The number of carbonyl (C=O) groups excluding carboxylic acids is 2. The van der Waals surface area contributed by atoms with E-state index < -0.39 is 11.9 Å². The van der Waals surface area contributed by atoms with Gasteiger partial charge in [-0.15, -0.1) is 0 Å². The third-order valence-electron chi connectivity index (χ3n) is 2.90. The molecule has 0 aromatic heterocycles. The Morgan fingerprint density at radius 3 is 2.82 bits per heavy atom. The van der Waals surface area contributed by atoms with Crippen molar-refractivity contribution in [3.8, 4) is 5.75 Å². The molecule has 0 N–H and O–H groups in total. The van der Waals surface area contributed by atoms with Gasteiger partial charge in [-0.25, -0.2) is 0 Å². The Hall–Kier alpha value is -1.84. The smallest absolute Gasteiger partial charge is 0.316 e. The second-order valence-electron chi connectivity index (χ2n) is 4.04. The van der Waals surface area contributed by atoms with Gasteiger partial charge in [0.15, 0.2) is 0 Å². The molecule has 0 bridgehead atoms. The monoisotopic (exact) mass is 234 g/mol. The van der Waals surface area contributed by atoms with Crippen LogP contribution < -0.4 is 4.74 Å². The number of rotatable bonds is 3. The summed E-state index contributed by atoms with van der Waals surface area (Å²) in [6.45, 7) is 0. The van der Waals surface area contributed by atoms with E-state index in [1.807, 2.05) is 24.3 Å². The maximum Gasteiger partial charge on any atom is 0.316 e. The molecule has 0 amide bonds. The molecule has 0 spiro atoms. The van der Waals surface area contributed by atoms with Crippen LogP contribution >= 0.6 is 0 Å². The van der Waals surface area contributed by atoms with Crippen molar-refractivity contribution in [1.29, 1.82) is 0 Å². The molecule has 1 aliphatic heterocycles.